The van der Waals surface area contributed by atoms with Crippen LogP contribution in [0.1, 0.15) is 21.6 Å². The van der Waals surface area contributed by atoms with E-state index in [0.29, 0.717) is 27.7 Å². The van der Waals surface area contributed by atoms with Crippen molar-refractivity contribution in [1.82, 2.24) is 9.38 Å². The second kappa shape index (κ2) is 8.39. The predicted octanol–water partition coefficient (Wildman–Crippen LogP) is 5.16. The third-order valence-corrected chi connectivity index (χ3v) is 4.80. The van der Waals surface area contributed by atoms with Crippen LogP contribution in [0.15, 0.2) is 72.0 Å². The van der Waals surface area contributed by atoms with Crippen molar-refractivity contribution < 1.29 is 14.4 Å². The lowest BCUT2D eigenvalue weighted by atomic mass is 10.1. The van der Waals surface area contributed by atoms with Crippen LogP contribution >= 0.6 is 11.6 Å². The molecule has 0 atom stereocenters. The number of aromatic nitrogens is 2. The third-order valence-electron chi connectivity index (χ3n) is 4.55. The van der Waals surface area contributed by atoms with Gasteiger partial charge in [0.1, 0.15) is 11.4 Å². The average molecular weight is 420 g/mol. The van der Waals surface area contributed by atoms with Crippen LogP contribution in [0.5, 0.6) is 5.75 Å². The smallest absolute Gasteiger partial charge is 0.365 e. The SMILES string of the molecule is COc1cccc(C(=O)O/N=C\c2c(-c3ccc(Cl)cc3)nc3cc(C)ccn23)c1. The molecule has 2 aromatic heterocycles. The lowest BCUT2D eigenvalue weighted by Gasteiger charge is -2.03. The Bertz CT molecular complexity index is 1250. The molecule has 4 rings (SSSR count). The Kier molecular flexibility index (Phi) is 5.50. The number of carbonyl (C=O) groups is 1. The molecule has 0 amide bonds. The highest BCUT2D eigenvalue weighted by Gasteiger charge is 2.14. The van der Waals surface area contributed by atoms with E-state index in [1.807, 2.05) is 41.8 Å². The summed E-state index contributed by atoms with van der Waals surface area (Å²) in [5, 5.41) is 4.56. The number of methoxy groups -OCH3 is 1. The number of benzene rings is 2. The predicted molar refractivity (Wildman–Crippen MR) is 116 cm³/mol. The third kappa shape index (κ3) is 4.04. The zero-order valence-electron chi connectivity index (χ0n) is 16.4. The van der Waals surface area contributed by atoms with Gasteiger partial charge < -0.3 is 9.57 Å². The first-order valence-electron chi connectivity index (χ1n) is 9.18. The Hall–Kier alpha value is -3.64. The summed E-state index contributed by atoms with van der Waals surface area (Å²) in [7, 11) is 1.54. The molecule has 0 saturated carbocycles. The molecule has 0 radical (unpaired) electrons. The fraction of sp³-hybridized carbons (Fsp3) is 0.0870. The number of imidazole rings is 1. The molecular weight excluding hydrogens is 402 g/mol. The van der Waals surface area contributed by atoms with E-state index in [2.05, 4.69) is 5.16 Å². The Balaban J connectivity index is 1.67. The molecular formula is C23H18ClN3O3. The van der Waals surface area contributed by atoms with Crippen LogP contribution in [0.3, 0.4) is 0 Å². The Morgan fingerprint density at radius 2 is 1.93 bits per heavy atom. The lowest BCUT2D eigenvalue weighted by molar-refractivity contribution is 0.0518. The van der Waals surface area contributed by atoms with Gasteiger partial charge in [0.15, 0.2) is 0 Å². The summed E-state index contributed by atoms with van der Waals surface area (Å²) in [5.41, 5.74) is 4.47. The van der Waals surface area contributed by atoms with E-state index in [4.69, 9.17) is 26.2 Å². The Morgan fingerprint density at radius 3 is 2.70 bits per heavy atom. The van der Waals surface area contributed by atoms with Crippen LogP contribution in [0.4, 0.5) is 0 Å². The van der Waals surface area contributed by atoms with Gasteiger partial charge in [0.25, 0.3) is 0 Å². The van der Waals surface area contributed by atoms with Crippen LogP contribution in [0, 0.1) is 6.92 Å². The molecule has 7 heteroatoms. The average Bonchev–Trinajstić information content (AvgIpc) is 3.11. The monoisotopic (exact) mass is 419 g/mol. The van der Waals surface area contributed by atoms with Crippen molar-refractivity contribution in [2.24, 2.45) is 5.16 Å². The molecule has 0 fully saturated rings. The van der Waals surface area contributed by atoms with Gasteiger partial charge in [-0.25, -0.2) is 9.78 Å². The summed E-state index contributed by atoms with van der Waals surface area (Å²) in [4.78, 5) is 22.1. The topological polar surface area (TPSA) is 65.2 Å². The van der Waals surface area contributed by atoms with Crippen molar-refractivity contribution in [3.63, 3.8) is 0 Å². The fourth-order valence-electron chi connectivity index (χ4n) is 3.04. The maximum atomic E-state index is 12.3. The van der Waals surface area contributed by atoms with E-state index in [0.717, 1.165) is 16.8 Å². The number of hydrogen-bond donors (Lipinski definition) is 0. The largest absolute Gasteiger partial charge is 0.497 e. The lowest BCUT2D eigenvalue weighted by Crippen LogP contribution is -2.02. The van der Waals surface area contributed by atoms with Gasteiger partial charge in [0.05, 0.1) is 30.3 Å². The summed E-state index contributed by atoms with van der Waals surface area (Å²) < 4.78 is 7.02. The van der Waals surface area contributed by atoms with Gasteiger partial charge in [-0.1, -0.05) is 35.0 Å². The first-order valence-corrected chi connectivity index (χ1v) is 9.56. The molecule has 0 spiro atoms. The normalized spacial score (nSPS) is 11.2. The summed E-state index contributed by atoms with van der Waals surface area (Å²) in [6.07, 6.45) is 3.39. The van der Waals surface area contributed by atoms with Crippen molar-refractivity contribution in [2.75, 3.05) is 7.11 Å². The van der Waals surface area contributed by atoms with Gasteiger partial charge in [-0.2, -0.15) is 0 Å². The molecule has 0 N–H and O–H groups in total. The van der Waals surface area contributed by atoms with Crippen LogP contribution in [-0.2, 0) is 4.84 Å². The van der Waals surface area contributed by atoms with Gasteiger partial charge in [0, 0.05) is 16.8 Å². The van der Waals surface area contributed by atoms with Gasteiger partial charge in [-0.3, -0.25) is 4.40 Å². The number of rotatable bonds is 5. The summed E-state index contributed by atoms with van der Waals surface area (Å²) >= 11 is 6.02. The molecule has 6 nitrogen and oxygen atoms in total. The first kappa shape index (κ1) is 19.7. The number of oxime groups is 1. The minimum Gasteiger partial charge on any atom is -0.497 e. The first-order chi connectivity index (χ1) is 14.5. The minimum absolute atomic E-state index is 0.346. The number of hydrogen-bond acceptors (Lipinski definition) is 5. The van der Waals surface area contributed by atoms with Crippen LogP contribution in [0.2, 0.25) is 5.02 Å². The molecule has 150 valence electrons. The molecule has 0 bridgehead atoms. The van der Waals surface area contributed by atoms with Crippen molar-refractivity contribution in [1.29, 1.82) is 0 Å². The maximum absolute atomic E-state index is 12.3. The molecule has 0 aliphatic carbocycles. The Labute approximate surface area is 178 Å². The van der Waals surface area contributed by atoms with E-state index < -0.39 is 5.97 Å². The van der Waals surface area contributed by atoms with Gasteiger partial charge in [0.2, 0.25) is 0 Å². The second-order valence-electron chi connectivity index (χ2n) is 6.63. The maximum Gasteiger partial charge on any atom is 0.365 e. The molecule has 0 aliphatic rings. The summed E-state index contributed by atoms with van der Waals surface area (Å²) in [6.45, 7) is 2.00. The number of carbonyl (C=O) groups excluding carboxylic acids is 1. The van der Waals surface area contributed by atoms with Crippen LogP contribution < -0.4 is 4.74 Å². The second-order valence-corrected chi connectivity index (χ2v) is 7.07. The number of aryl methyl sites for hydroxylation is 1. The number of halogens is 1. The quantitative estimate of drug-likeness (QED) is 0.254. The van der Waals surface area contributed by atoms with Crippen molar-refractivity contribution in [3.8, 4) is 17.0 Å². The number of fused-ring (bicyclic) bond motifs is 1. The van der Waals surface area contributed by atoms with Crippen molar-refractivity contribution in [3.05, 3.63) is 88.7 Å². The summed E-state index contributed by atoms with van der Waals surface area (Å²) in [5.74, 6) is -0.0153. The highest BCUT2D eigenvalue weighted by Crippen LogP contribution is 2.25. The van der Waals surface area contributed by atoms with Crippen LogP contribution in [0.25, 0.3) is 16.9 Å². The molecule has 2 aromatic carbocycles. The molecule has 4 aromatic rings. The molecule has 30 heavy (non-hydrogen) atoms. The van der Waals surface area contributed by atoms with E-state index in [1.165, 1.54) is 13.3 Å². The number of pyridine rings is 1. The van der Waals surface area contributed by atoms with E-state index in [-0.39, 0.29) is 0 Å². The van der Waals surface area contributed by atoms with Gasteiger partial charge in [-0.05, 0) is 55.0 Å². The molecule has 0 aliphatic heterocycles. The molecule has 2 heterocycles. The number of nitrogens with zero attached hydrogens (tertiary/aromatic N) is 3. The number of ether oxygens (including phenoxy) is 1. The Morgan fingerprint density at radius 1 is 1.13 bits per heavy atom. The fourth-order valence-corrected chi connectivity index (χ4v) is 3.16. The zero-order chi connectivity index (χ0) is 21.1. The van der Waals surface area contributed by atoms with E-state index in [1.54, 1.807) is 36.4 Å². The van der Waals surface area contributed by atoms with E-state index in [9.17, 15) is 4.79 Å². The highest BCUT2D eigenvalue weighted by atomic mass is 35.5. The highest BCUT2D eigenvalue weighted by molar-refractivity contribution is 6.30. The standard InChI is InChI=1S/C23H18ClN3O3/c1-15-10-11-27-20(14-25-30-23(28)17-4-3-5-19(13-17)29-2)22(26-21(27)12-15)16-6-8-18(24)9-7-16/h3-14H,1-2H3/b25-14-. The zero-order valence-corrected chi connectivity index (χ0v) is 17.1. The van der Waals surface area contributed by atoms with Gasteiger partial charge >= 0.3 is 5.97 Å². The molecule has 0 saturated heterocycles. The van der Waals surface area contributed by atoms with Crippen molar-refractivity contribution >= 4 is 29.4 Å². The van der Waals surface area contributed by atoms with Crippen LogP contribution in [-0.4, -0.2) is 28.7 Å². The van der Waals surface area contributed by atoms with Crippen molar-refractivity contribution in [2.45, 2.75) is 6.92 Å². The van der Waals surface area contributed by atoms with E-state index >= 15 is 0 Å². The van der Waals surface area contributed by atoms with Gasteiger partial charge in [-0.15, -0.1) is 0 Å². The summed E-state index contributed by atoms with van der Waals surface area (Å²) in [6, 6.07) is 18.0. The molecule has 0 unspecified atom stereocenters. The minimum atomic E-state index is -0.581.